The smallest absolute Gasteiger partial charge is 0.790 e. The summed E-state index contributed by atoms with van der Waals surface area (Å²) in [6, 6.07) is 43.2. The molecule has 226 valence electrons. The number of aliphatic carboxylic acids is 1. The summed E-state index contributed by atoms with van der Waals surface area (Å²) >= 11 is 4.47. The van der Waals surface area contributed by atoms with Gasteiger partial charge in [0.2, 0.25) is 5.91 Å². The predicted octanol–water partition coefficient (Wildman–Crippen LogP) is 6.28. The standard InChI is InChI=1S/C25H22P2.C5H9NO3S.C5H10.Ru/c1-5-13-22(14-6-1)26(23-15-7-2-8-16-23)21-27(24-17-9-3-10-18-24)25-19-11-4-12-20-25;1-3(7)6-4(2-10)5(8)9;1-2-4-5-3-1;/h1-20H,21H2;4,10H,2H2,1H3,(H,6,7)(H,8,9);1-5H2;/q;;;+2/p-1. The molecule has 2 N–H and O–H groups in total. The number of hydrogen-bond donors (Lipinski definition) is 2. The summed E-state index contributed by atoms with van der Waals surface area (Å²) in [6.45, 7) is 1.25. The van der Waals surface area contributed by atoms with Gasteiger partial charge in [0.1, 0.15) is 6.04 Å². The molecule has 0 aliphatic heterocycles. The first-order valence-electron chi connectivity index (χ1n) is 14.3. The van der Waals surface area contributed by atoms with E-state index < -0.39 is 27.9 Å². The maximum absolute atomic E-state index is 10.3. The number of carbonyl (C=O) groups is 2. The van der Waals surface area contributed by atoms with Crippen LogP contribution in [0, 0.1) is 0 Å². The number of rotatable bonds is 9. The largest absolute Gasteiger partial charge is 2.00 e. The Bertz CT molecular complexity index is 1150. The van der Waals surface area contributed by atoms with Crippen LogP contribution >= 0.6 is 15.8 Å². The van der Waals surface area contributed by atoms with Crippen molar-refractivity contribution >= 4 is 61.6 Å². The van der Waals surface area contributed by atoms with Gasteiger partial charge in [-0.05, 0) is 37.1 Å². The topological polar surface area (TPSA) is 66.4 Å². The summed E-state index contributed by atoms with van der Waals surface area (Å²) in [5.41, 5.74) is 0. The molecule has 0 radical (unpaired) electrons. The van der Waals surface area contributed by atoms with E-state index >= 15 is 0 Å². The number of hydrogen-bond acceptors (Lipinski definition) is 3. The minimum absolute atomic E-state index is 0. The fourth-order valence-corrected chi connectivity index (χ4v) is 11.2. The van der Waals surface area contributed by atoms with Crippen LogP contribution in [0.2, 0.25) is 0 Å². The first-order valence-corrected chi connectivity index (χ1v) is 18.0. The van der Waals surface area contributed by atoms with Crippen LogP contribution in [0.3, 0.4) is 0 Å². The number of amides is 1. The Morgan fingerprint density at radius 2 is 0.930 bits per heavy atom. The van der Waals surface area contributed by atoms with Crippen LogP contribution in [-0.4, -0.2) is 34.7 Å². The van der Waals surface area contributed by atoms with E-state index in [0.29, 0.717) is 0 Å². The molecule has 43 heavy (non-hydrogen) atoms. The SMILES string of the molecule is C1CCCC1.CC(=O)NC(C[S-])C(=O)O.[Ru+2].c1ccc(P(CP(c2ccccc2)c2ccccc2)c2ccccc2)cc1. The van der Waals surface area contributed by atoms with Crippen molar-refractivity contribution in [2.45, 2.75) is 45.1 Å². The average molecular weight is 718 g/mol. The van der Waals surface area contributed by atoms with Gasteiger partial charge in [-0.25, -0.2) is 0 Å². The van der Waals surface area contributed by atoms with Crippen LogP contribution in [0.4, 0.5) is 0 Å². The second-order valence-electron chi connectivity index (χ2n) is 9.87. The number of carboxylic acid groups (broad SMARTS) is 1. The van der Waals surface area contributed by atoms with Crippen LogP contribution in [-0.2, 0) is 41.7 Å². The van der Waals surface area contributed by atoms with Crippen molar-refractivity contribution in [3.8, 4) is 0 Å². The number of nitrogens with one attached hydrogen (secondary N) is 1. The Morgan fingerprint density at radius 3 is 1.12 bits per heavy atom. The maximum atomic E-state index is 10.3. The molecule has 1 unspecified atom stereocenters. The molecule has 1 saturated carbocycles. The van der Waals surface area contributed by atoms with Crippen LogP contribution in [0.1, 0.15) is 39.0 Å². The Labute approximate surface area is 277 Å². The minimum Gasteiger partial charge on any atom is -0.790 e. The van der Waals surface area contributed by atoms with Gasteiger partial charge in [0.25, 0.3) is 0 Å². The van der Waals surface area contributed by atoms with Gasteiger partial charge in [-0.2, -0.15) is 0 Å². The molecule has 4 aromatic carbocycles. The molecule has 1 fully saturated rings. The summed E-state index contributed by atoms with van der Waals surface area (Å²) in [7, 11) is -0.817. The number of benzene rings is 4. The molecule has 1 aliphatic rings. The summed E-state index contributed by atoms with van der Waals surface area (Å²) < 4.78 is 0. The van der Waals surface area contributed by atoms with E-state index in [1.807, 2.05) is 0 Å². The van der Waals surface area contributed by atoms with E-state index in [0.717, 1.165) is 0 Å². The summed E-state index contributed by atoms with van der Waals surface area (Å²) in [4.78, 5) is 20.5. The van der Waals surface area contributed by atoms with Crippen molar-refractivity contribution < 1.29 is 34.2 Å². The van der Waals surface area contributed by atoms with Crippen molar-refractivity contribution in [2.75, 3.05) is 11.7 Å². The van der Waals surface area contributed by atoms with Crippen LogP contribution in [0.25, 0.3) is 0 Å². The molecule has 0 saturated heterocycles. The quantitative estimate of drug-likeness (QED) is 0.122. The van der Waals surface area contributed by atoms with Gasteiger partial charge in [0.05, 0.1) is 0 Å². The third-order valence-corrected chi connectivity index (χ3v) is 12.9. The predicted molar refractivity (Wildman–Crippen MR) is 184 cm³/mol. The molecule has 4 nitrogen and oxygen atoms in total. The van der Waals surface area contributed by atoms with Gasteiger partial charge < -0.3 is 23.1 Å². The fourth-order valence-electron chi connectivity index (χ4n) is 4.50. The van der Waals surface area contributed by atoms with Crippen molar-refractivity contribution in [1.29, 1.82) is 0 Å². The van der Waals surface area contributed by atoms with Gasteiger partial charge >= 0.3 is 25.4 Å². The molecule has 1 aliphatic carbocycles. The molecule has 5 rings (SSSR count). The van der Waals surface area contributed by atoms with E-state index in [2.05, 4.69) is 139 Å². The van der Waals surface area contributed by atoms with Crippen LogP contribution < -0.4 is 26.5 Å². The molecule has 0 spiro atoms. The summed E-state index contributed by atoms with van der Waals surface area (Å²) in [5.74, 6) is -0.302. The van der Waals surface area contributed by atoms with Crippen molar-refractivity contribution in [3.63, 3.8) is 0 Å². The van der Waals surface area contributed by atoms with Crippen LogP contribution in [0.15, 0.2) is 121 Å². The summed E-state index contributed by atoms with van der Waals surface area (Å²) in [6.07, 6.45) is 7.50. The molecular formula is C35H40NO3P2RuS+. The van der Waals surface area contributed by atoms with Crippen molar-refractivity contribution in [2.24, 2.45) is 0 Å². The first-order chi connectivity index (χ1) is 20.5. The summed E-state index contributed by atoms with van der Waals surface area (Å²) in [5, 5.41) is 16.4. The second kappa shape index (κ2) is 21.4. The van der Waals surface area contributed by atoms with Gasteiger partial charge in [0.15, 0.2) is 0 Å². The zero-order chi connectivity index (χ0) is 30.0. The maximum Gasteiger partial charge on any atom is 2.00 e. The Hall–Kier alpha value is -2.35. The third-order valence-electron chi connectivity index (χ3n) is 6.65. The monoisotopic (exact) mass is 718 g/mol. The van der Waals surface area contributed by atoms with Crippen LogP contribution in [0.5, 0.6) is 0 Å². The molecule has 1 atom stereocenters. The molecule has 1 amide bonds. The normalized spacial score (nSPS) is 12.6. The van der Waals surface area contributed by atoms with Gasteiger partial charge in [-0.1, -0.05) is 153 Å². The Kier molecular flexibility index (Phi) is 18.3. The molecule has 0 aromatic heterocycles. The second-order valence-corrected chi connectivity index (χ2v) is 15.1. The Balaban J connectivity index is 0.000000334. The Morgan fingerprint density at radius 1 is 0.651 bits per heavy atom. The molecule has 4 aromatic rings. The average Bonchev–Trinajstić information content (AvgIpc) is 3.63. The van der Waals surface area contributed by atoms with E-state index in [9.17, 15) is 9.59 Å². The molecule has 0 bridgehead atoms. The van der Waals surface area contributed by atoms with Gasteiger partial charge in [-0.15, -0.1) is 5.75 Å². The van der Waals surface area contributed by atoms with E-state index in [4.69, 9.17) is 5.11 Å². The zero-order valence-electron chi connectivity index (χ0n) is 24.5. The molecular weight excluding hydrogens is 677 g/mol. The van der Waals surface area contributed by atoms with Gasteiger partial charge in [0, 0.05) is 12.8 Å². The van der Waals surface area contributed by atoms with E-state index in [-0.39, 0.29) is 31.1 Å². The fraction of sp³-hybridized carbons (Fsp3) is 0.257. The molecule has 8 heteroatoms. The van der Waals surface area contributed by atoms with E-state index in [1.165, 1.54) is 66.1 Å². The van der Waals surface area contributed by atoms with E-state index in [1.54, 1.807) is 0 Å². The number of carboxylic acids is 1. The third kappa shape index (κ3) is 13.4. The van der Waals surface area contributed by atoms with Gasteiger partial charge in [-0.3, -0.25) is 9.59 Å². The molecule has 0 heterocycles. The minimum atomic E-state index is -1.09. The first kappa shape index (κ1) is 36.8. The number of carbonyl (C=O) groups excluding carboxylic acids is 1. The zero-order valence-corrected chi connectivity index (χ0v) is 28.8. The van der Waals surface area contributed by atoms with Crippen molar-refractivity contribution in [3.05, 3.63) is 121 Å². The van der Waals surface area contributed by atoms with Crippen molar-refractivity contribution in [1.82, 2.24) is 5.32 Å².